The fraction of sp³-hybridized carbons (Fsp3) is 0.286. The Hall–Kier alpha value is -2.50. The first-order valence-electron chi connectivity index (χ1n) is 8.96. The van der Waals surface area contributed by atoms with E-state index >= 15 is 0 Å². The van der Waals surface area contributed by atoms with Gasteiger partial charge in [0, 0.05) is 34.0 Å². The summed E-state index contributed by atoms with van der Waals surface area (Å²) in [7, 11) is 0. The number of pyridine rings is 2. The van der Waals surface area contributed by atoms with Gasteiger partial charge in [0.05, 0.1) is 23.4 Å². The van der Waals surface area contributed by atoms with Crippen LogP contribution in [0.15, 0.2) is 29.1 Å². The number of aliphatic hydroxyl groups is 1. The lowest BCUT2D eigenvalue weighted by molar-refractivity contribution is -0.135. The number of ketones is 1. The van der Waals surface area contributed by atoms with Gasteiger partial charge in [0.1, 0.15) is 5.60 Å². The summed E-state index contributed by atoms with van der Waals surface area (Å²) >= 11 is 6.26. The Kier molecular flexibility index (Phi) is 3.25. The number of carbonyl (C=O) groups is 1. The van der Waals surface area contributed by atoms with Crippen LogP contribution < -0.4 is 5.56 Å². The van der Waals surface area contributed by atoms with Crippen LogP contribution in [0, 0.1) is 6.92 Å². The molecule has 1 aromatic carbocycles. The van der Waals surface area contributed by atoms with Crippen LogP contribution in [0.1, 0.15) is 35.6 Å². The van der Waals surface area contributed by atoms with Crippen molar-refractivity contribution in [3.05, 3.63) is 61.9 Å². The zero-order valence-electron chi connectivity index (χ0n) is 15.0. The molecule has 27 heavy (non-hydrogen) atoms. The standard InChI is InChI=1S/C21H17ClN2O3/c1-3-21(27)16(25)6-12-7-17(26)24-9-13-5-11-4-10(2)14(22)8-15(11)23-19(13)20(24)18(12)21/h4-5,7-8,27H,3,6,9H2,1-2H3. The molecule has 0 bridgehead atoms. The average molecular weight is 381 g/mol. The summed E-state index contributed by atoms with van der Waals surface area (Å²) in [5.41, 5.74) is 3.23. The van der Waals surface area contributed by atoms with Crippen molar-refractivity contribution in [1.29, 1.82) is 0 Å². The summed E-state index contributed by atoms with van der Waals surface area (Å²) in [6.45, 7) is 4.10. The predicted molar refractivity (Wildman–Crippen MR) is 103 cm³/mol. The Balaban J connectivity index is 1.87. The molecule has 1 aliphatic carbocycles. The van der Waals surface area contributed by atoms with Gasteiger partial charge in [0.2, 0.25) is 0 Å². The van der Waals surface area contributed by atoms with Crippen LogP contribution >= 0.6 is 11.6 Å². The molecule has 0 saturated carbocycles. The zero-order valence-corrected chi connectivity index (χ0v) is 15.7. The molecule has 5 nitrogen and oxygen atoms in total. The molecule has 0 saturated heterocycles. The smallest absolute Gasteiger partial charge is 0.251 e. The number of aromatic nitrogens is 2. The predicted octanol–water partition coefficient (Wildman–Crippen LogP) is 3.11. The second-order valence-electron chi connectivity index (χ2n) is 7.42. The van der Waals surface area contributed by atoms with Crippen molar-refractivity contribution in [3.63, 3.8) is 0 Å². The largest absolute Gasteiger partial charge is 0.377 e. The maximum Gasteiger partial charge on any atom is 0.251 e. The van der Waals surface area contributed by atoms with E-state index in [2.05, 4.69) is 0 Å². The van der Waals surface area contributed by atoms with Crippen molar-refractivity contribution in [2.24, 2.45) is 0 Å². The first kappa shape index (κ1) is 16.7. The SMILES string of the molecule is CCC1(O)C(=O)Cc2cc(=O)n3c(c21)-c1nc2cc(Cl)c(C)cc2cc1C3. The second-order valence-corrected chi connectivity index (χ2v) is 7.83. The molecular weight excluding hydrogens is 364 g/mol. The summed E-state index contributed by atoms with van der Waals surface area (Å²) in [5.74, 6) is -0.263. The Morgan fingerprint density at radius 2 is 2.00 bits per heavy atom. The lowest BCUT2D eigenvalue weighted by Crippen LogP contribution is -2.32. The number of hydrogen-bond acceptors (Lipinski definition) is 4. The minimum absolute atomic E-state index is 0.0801. The molecule has 2 aromatic heterocycles. The van der Waals surface area contributed by atoms with Crippen molar-refractivity contribution in [3.8, 4) is 11.4 Å². The van der Waals surface area contributed by atoms with Crippen LogP contribution in [0.4, 0.5) is 0 Å². The van der Waals surface area contributed by atoms with Crippen molar-refractivity contribution in [2.75, 3.05) is 0 Å². The number of carbonyl (C=O) groups excluding carboxylic acids is 1. The van der Waals surface area contributed by atoms with E-state index in [0.717, 1.165) is 22.0 Å². The Morgan fingerprint density at radius 3 is 2.74 bits per heavy atom. The van der Waals surface area contributed by atoms with Crippen molar-refractivity contribution in [1.82, 2.24) is 9.55 Å². The normalized spacial score (nSPS) is 20.1. The fourth-order valence-corrected chi connectivity index (χ4v) is 4.54. The first-order chi connectivity index (χ1) is 12.8. The maximum atomic E-state index is 12.7. The van der Waals surface area contributed by atoms with Crippen LogP contribution in [0.3, 0.4) is 0 Å². The van der Waals surface area contributed by atoms with E-state index < -0.39 is 5.60 Å². The highest BCUT2D eigenvalue weighted by molar-refractivity contribution is 6.32. The van der Waals surface area contributed by atoms with Crippen molar-refractivity contribution < 1.29 is 9.90 Å². The number of hydrogen-bond donors (Lipinski definition) is 1. The molecule has 3 heterocycles. The van der Waals surface area contributed by atoms with Gasteiger partial charge in [0.25, 0.3) is 5.56 Å². The van der Waals surface area contributed by atoms with Crippen molar-refractivity contribution >= 4 is 28.3 Å². The van der Waals surface area contributed by atoms with Gasteiger partial charge in [-0.3, -0.25) is 9.59 Å². The molecule has 1 N–H and O–H groups in total. The number of rotatable bonds is 1. The van der Waals surface area contributed by atoms with E-state index in [4.69, 9.17) is 16.6 Å². The summed E-state index contributed by atoms with van der Waals surface area (Å²) in [4.78, 5) is 29.9. The van der Waals surface area contributed by atoms with Gasteiger partial charge in [-0.15, -0.1) is 0 Å². The highest BCUT2D eigenvalue weighted by atomic mass is 35.5. The molecule has 1 unspecified atom stereocenters. The summed E-state index contributed by atoms with van der Waals surface area (Å²) in [6.07, 6.45) is 0.342. The molecule has 0 radical (unpaired) electrons. The topological polar surface area (TPSA) is 72.2 Å². The molecule has 3 aromatic rings. The number of fused-ring (bicyclic) bond motifs is 6. The Bertz CT molecular complexity index is 1240. The molecule has 5 rings (SSSR count). The van der Waals surface area contributed by atoms with Crippen LogP contribution in [0.25, 0.3) is 22.3 Å². The number of Topliss-reactive ketones (excluding diaryl/α,β-unsaturated/α-hetero) is 1. The highest BCUT2D eigenvalue weighted by Gasteiger charge is 2.47. The van der Waals surface area contributed by atoms with Gasteiger partial charge in [-0.2, -0.15) is 0 Å². The number of nitrogens with zero attached hydrogens (tertiary/aromatic N) is 2. The average Bonchev–Trinajstić information content (AvgIpc) is 3.10. The first-order valence-corrected chi connectivity index (χ1v) is 9.34. The molecular formula is C21H17ClN2O3. The van der Waals surface area contributed by atoms with Gasteiger partial charge < -0.3 is 9.67 Å². The number of halogens is 1. The minimum Gasteiger partial charge on any atom is -0.377 e. The van der Waals surface area contributed by atoms with E-state index in [1.807, 2.05) is 25.1 Å². The quantitative estimate of drug-likeness (QED) is 0.550. The van der Waals surface area contributed by atoms with E-state index in [1.54, 1.807) is 11.5 Å². The van der Waals surface area contributed by atoms with Gasteiger partial charge in [-0.05, 0) is 42.7 Å². The number of benzene rings is 1. The number of aryl methyl sites for hydroxylation is 1. The Labute approximate surface area is 160 Å². The molecule has 0 amide bonds. The lowest BCUT2D eigenvalue weighted by Gasteiger charge is -2.23. The zero-order chi connectivity index (χ0) is 19.1. The summed E-state index contributed by atoms with van der Waals surface area (Å²) in [5, 5.41) is 12.7. The third-order valence-corrected chi connectivity index (χ3v) is 6.26. The van der Waals surface area contributed by atoms with Crippen LogP contribution in [-0.2, 0) is 23.4 Å². The minimum atomic E-state index is -1.57. The molecule has 136 valence electrons. The van der Waals surface area contributed by atoms with Gasteiger partial charge >= 0.3 is 0 Å². The van der Waals surface area contributed by atoms with Crippen LogP contribution in [0.5, 0.6) is 0 Å². The van der Waals surface area contributed by atoms with Crippen LogP contribution in [-0.4, -0.2) is 20.4 Å². The third kappa shape index (κ3) is 2.07. The molecule has 1 atom stereocenters. The molecule has 0 fully saturated rings. The van der Waals surface area contributed by atoms with Crippen LogP contribution in [0.2, 0.25) is 5.02 Å². The lowest BCUT2D eigenvalue weighted by atomic mass is 9.90. The Morgan fingerprint density at radius 1 is 1.22 bits per heavy atom. The van der Waals surface area contributed by atoms with E-state index in [1.165, 1.54) is 6.07 Å². The van der Waals surface area contributed by atoms with Gasteiger partial charge in [-0.1, -0.05) is 18.5 Å². The van der Waals surface area contributed by atoms with Crippen molar-refractivity contribution in [2.45, 2.75) is 38.8 Å². The third-order valence-electron chi connectivity index (χ3n) is 5.86. The highest BCUT2D eigenvalue weighted by Crippen LogP contribution is 2.45. The van der Waals surface area contributed by atoms with E-state index in [0.29, 0.717) is 34.1 Å². The van der Waals surface area contributed by atoms with E-state index in [9.17, 15) is 14.7 Å². The van der Waals surface area contributed by atoms with E-state index in [-0.39, 0.29) is 24.2 Å². The van der Waals surface area contributed by atoms with Gasteiger partial charge in [0.15, 0.2) is 5.78 Å². The maximum absolute atomic E-state index is 12.7. The fourth-order valence-electron chi connectivity index (χ4n) is 4.38. The monoisotopic (exact) mass is 380 g/mol. The summed E-state index contributed by atoms with van der Waals surface area (Å²) in [6, 6.07) is 7.29. The summed E-state index contributed by atoms with van der Waals surface area (Å²) < 4.78 is 1.61. The molecule has 0 spiro atoms. The second kappa shape index (κ2) is 5.27. The molecule has 6 heteroatoms. The molecule has 1 aliphatic heterocycles. The molecule has 2 aliphatic rings. The van der Waals surface area contributed by atoms with Gasteiger partial charge in [-0.25, -0.2) is 4.98 Å².